The Labute approximate surface area is 119 Å². The molecule has 0 atom stereocenters. The van der Waals surface area contributed by atoms with Crippen molar-refractivity contribution in [1.29, 1.82) is 0 Å². The predicted molar refractivity (Wildman–Crippen MR) is 86.6 cm³/mol. The van der Waals surface area contributed by atoms with Crippen molar-refractivity contribution in [1.82, 2.24) is 10.2 Å². The number of aliphatic imine (C=N–C) groups is 1. The number of rotatable bonds is 1. The fourth-order valence-corrected chi connectivity index (χ4v) is 1.11. The molecule has 1 aliphatic rings. The van der Waals surface area contributed by atoms with Crippen LogP contribution in [0.2, 0.25) is 0 Å². The number of urea groups is 1. The molecule has 0 aromatic rings. The number of nitrogens with one attached hydrogen (secondary N) is 1. The van der Waals surface area contributed by atoms with E-state index in [1.165, 1.54) is 6.20 Å². The molecule has 0 aromatic heterocycles. The zero-order valence-electron chi connectivity index (χ0n) is 13.9. The van der Waals surface area contributed by atoms with E-state index in [4.69, 9.17) is 0 Å². The first kappa shape index (κ1) is 22.6. The lowest BCUT2D eigenvalue weighted by Crippen LogP contribution is -2.48. The van der Waals surface area contributed by atoms with Gasteiger partial charge in [0.15, 0.2) is 0 Å². The molecule has 1 rings (SSSR count). The first-order chi connectivity index (χ1) is 9.19. The molecule has 1 heterocycles. The molecule has 0 aromatic carbocycles. The van der Waals surface area contributed by atoms with E-state index in [1.807, 2.05) is 54.5 Å². The maximum Gasteiger partial charge on any atom is 0.323 e. The third-order valence-corrected chi connectivity index (χ3v) is 1.85. The minimum Gasteiger partial charge on any atom is -0.323 e. The Hall–Kier alpha value is -1.58. The van der Waals surface area contributed by atoms with E-state index in [0.29, 0.717) is 12.4 Å². The Bertz CT molecular complexity index is 294. The Balaban J connectivity index is -0.000000375. The van der Waals surface area contributed by atoms with E-state index in [0.717, 1.165) is 5.57 Å². The standard InChI is InChI=1S/C9H13N3O.3C2H6/c1-4-7-6-12(3)9(13)11-8(7)10-5-2;3*1-2/h4-5H,2,6H2,1,3H3,(H,10,11,13);3*1-2H3/b7-4-;;;. The summed E-state index contributed by atoms with van der Waals surface area (Å²) in [5.41, 5.74) is 1.00. The molecule has 2 amide bonds. The number of allylic oxidation sites excluding steroid dienone is 1. The summed E-state index contributed by atoms with van der Waals surface area (Å²) in [6.45, 7) is 18.0. The molecule has 19 heavy (non-hydrogen) atoms. The Morgan fingerprint density at radius 3 is 2.05 bits per heavy atom. The predicted octanol–water partition coefficient (Wildman–Crippen LogP) is 4.21. The molecule has 0 spiro atoms. The molecule has 0 aliphatic carbocycles. The molecule has 1 fully saturated rings. The van der Waals surface area contributed by atoms with Crippen LogP contribution in [-0.4, -0.2) is 30.4 Å². The summed E-state index contributed by atoms with van der Waals surface area (Å²) in [4.78, 5) is 16.8. The highest BCUT2D eigenvalue weighted by Gasteiger charge is 2.21. The zero-order valence-corrected chi connectivity index (χ0v) is 13.9. The molecule has 0 unspecified atom stereocenters. The highest BCUT2D eigenvalue weighted by atomic mass is 16.2. The molecule has 0 saturated carbocycles. The average Bonchev–Trinajstić information content (AvgIpc) is 2.49. The second-order valence-corrected chi connectivity index (χ2v) is 2.76. The van der Waals surface area contributed by atoms with Crippen LogP contribution in [0, 0.1) is 0 Å². The van der Waals surface area contributed by atoms with Crippen molar-refractivity contribution in [2.75, 3.05) is 13.6 Å². The third-order valence-electron chi connectivity index (χ3n) is 1.85. The topological polar surface area (TPSA) is 44.7 Å². The number of carbonyl (C=O) groups is 1. The van der Waals surface area contributed by atoms with Crippen molar-refractivity contribution < 1.29 is 4.79 Å². The van der Waals surface area contributed by atoms with Gasteiger partial charge in [0.05, 0.1) is 6.54 Å². The van der Waals surface area contributed by atoms with Crippen LogP contribution in [0.5, 0.6) is 0 Å². The van der Waals surface area contributed by atoms with Gasteiger partial charge in [-0.1, -0.05) is 54.2 Å². The largest absolute Gasteiger partial charge is 0.323 e. The lowest BCUT2D eigenvalue weighted by molar-refractivity contribution is 0.215. The van der Waals surface area contributed by atoms with Gasteiger partial charge in [-0.25, -0.2) is 9.79 Å². The Morgan fingerprint density at radius 2 is 1.68 bits per heavy atom. The van der Waals surface area contributed by atoms with E-state index in [1.54, 1.807) is 11.9 Å². The maximum atomic E-state index is 11.2. The number of amides is 2. The quantitative estimate of drug-likeness (QED) is 0.761. The van der Waals surface area contributed by atoms with Crippen LogP contribution in [0.3, 0.4) is 0 Å². The molecule has 112 valence electrons. The van der Waals surface area contributed by atoms with Gasteiger partial charge in [-0.15, -0.1) is 0 Å². The monoisotopic (exact) mass is 269 g/mol. The van der Waals surface area contributed by atoms with Gasteiger partial charge in [0.1, 0.15) is 5.84 Å². The summed E-state index contributed by atoms with van der Waals surface area (Å²) in [5.74, 6) is 0.598. The Morgan fingerprint density at radius 1 is 1.21 bits per heavy atom. The van der Waals surface area contributed by atoms with Crippen LogP contribution < -0.4 is 5.32 Å². The fourth-order valence-electron chi connectivity index (χ4n) is 1.11. The third kappa shape index (κ3) is 9.05. The molecule has 1 saturated heterocycles. The summed E-state index contributed by atoms with van der Waals surface area (Å²) >= 11 is 0. The zero-order chi connectivity index (χ0) is 15.8. The summed E-state index contributed by atoms with van der Waals surface area (Å²) in [5, 5.41) is 2.67. The smallest absolute Gasteiger partial charge is 0.323 e. The van der Waals surface area contributed by atoms with Crippen LogP contribution in [0.25, 0.3) is 0 Å². The van der Waals surface area contributed by atoms with Gasteiger partial charge < -0.3 is 4.90 Å². The summed E-state index contributed by atoms with van der Waals surface area (Å²) < 4.78 is 0. The van der Waals surface area contributed by atoms with Gasteiger partial charge in [0, 0.05) is 18.8 Å². The van der Waals surface area contributed by atoms with E-state index < -0.39 is 0 Å². The van der Waals surface area contributed by atoms with Crippen LogP contribution >= 0.6 is 0 Å². The van der Waals surface area contributed by atoms with Crippen molar-refractivity contribution in [2.24, 2.45) is 4.99 Å². The molecule has 4 nitrogen and oxygen atoms in total. The van der Waals surface area contributed by atoms with E-state index in [2.05, 4.69) is 16.9 Å². The maximum absolute atomic E-state index is 11.2. The number of hydrogen-bond acceptors (Lipinski definition) is 2. The number of nitrogens with zero attached hydrogens (tertiary/aromatic N) is 2. The van der Waals surface area contributed by atoms with E-state index in [-0.39, 0.29) is 6.03 Å². The summed E-state index contributed by atoms with van der Waals surface area (Å²) in [6.07, 6.45) is 3.35. The van der Waals surface area contributed by atoms with Gasteiger partial charge >= 0.3 is 6.03 Å². The van der Waals surface area contributed by atoms with Gasteiger partial charge in [-0.2, -0.15) is 0 Å². The lowest BCUT2D eigenvalue weighted by Gasteiger charge is -2.26. The van der Waals surface area contributed by atoms with E-state index in [9.17, 15) is 4.79 Å². The average molecular weight is 269 g/mol. The number of hydrogen-bond donors (Lipinski definition) is 1. The Kier molecular flexibility index (Phi) is 19.5. The molecule has 1 N–H and O–H groups in total. The van der Waals surface area contributed by atoms with Gasteiger partial charge in [0.2, 0.25) is 0 Å². The van der Waals surface area contributed by atoms with Crippen molar-refractivity contribution in [3.63, 3.8) is 0 Å². The van der Waals surface area contributed by atoms with Crippen molar-refractivity contribution in [3.8, 4) is 0 Å². The van der Waals surface area contributed by atoms with Crippen LogP contribution in [0.1, 0.15) is 48.5 Å². The highest BCUT2D eigenvalue weighted by molar-refractivity contribution is 6.10. The lowest BCUT2D eigenvalue weighted by atomic mass is 10.2. The first-order valence-electron chi connectivity index (χ1n) is 7.05. The van der Waals surface area contributed by atoms with Crippen molar-refractivity contribution in [2.45, 2.75) is 48.5 Å². The van der Waals surface area contributed by atoms with Crippen molar-refractivity contribution in [3.05, 3.63) is 24.4 Å². The minimum absolute atomic E-state index is 0.133. The van der Waals surface area contributed by atoms with Crippen LogP contribution in [0.15, 0.2) is 29.4 Å². The van der Waals surface area contributed by atoms with Gasteiger partial charge in [-0.05, 0) is 6.92 Å². The van der Waals surface area contributed by atoms with Crippen LogP contribution in [0.4, 0.5) is 4.79 Å². The first-order valence-corrected chi connectivity index (χ1v) is 7.05. The van der Waals surface area contributed by atoms with E-state index >= 15 is 0 Å². The number of carbonyl (C=O) groups excluding carboxylic acids is 1. The minimum atomic E-state index is -0.133. The molecular weight excluding hydrogens is 238 g/mol. The van der Waals surface area contributed by atoms with Gasteiger partial charge in [-0.3, -0.25) is 5.32 Å². The van der Waals surface area contributed by atoms with Crippen molar-refractivity contribution >= 4 is 11.9 Å². The molecule has 0 bridgehead atoms. The van der Waals surface area contributed by atoms with Crippen LogP contribution in [-0.2, 0) is 0 Å². The van der Waals surface area contributed by atoms with Gasteiger partial charge in [0.25, 0.3) is 0 Å². The molecule has 1 aliphatic heterocycles. The highest BCUT2D eigenvalue weighted by Crippen LogP contribution is 2.06. The SMILES string of the molecule is C=CN=C1NC(=O)N(C)C/C1=C/C.CC.CC.CC. The summed E-state index contributed by atoms with van der Waals surface area (Å²) in [6, 6.07) is -0.133. The normalized spacial score (nSPS) is 17.1. The second kappa shape index (κ2) is 16.4. The summed E-state index contributed by atoms with van der Waals surface area (Å²) in [7, 11) is 1.74. The molecular formula is C15H31N3O. The number of likely N-dealkylation sites (N-methyl/N-ethyl adjacent to an activating group) is 1. The number of amidine groups is 1. The second-order valence-electron chi connectivity index (χ2n) is 2.76. The molecule has 0 radical (unpaired) electrons. The fraction of sp³-hybridized carbons (Fsp3) is 0.600. The molecule has 4 heteroatoms.